The first-order valence-electron chi connectivity index (χ1n) is 5.85. The second kappa shape index (κ2) is 5.15. The standard InChI is InChI=1S/C14H10N2O2S2/c17-11-5-1-4-10(8-11)16-13(18)12(20-14(16)19)7-9-3-2-6-15-9/h1-8,15,17H. The van der Waals surface area contributed by atoms with Crippen LogP contribution in [0.1, 0.15) is 5.69 Å². The Morgan fingerprint density at radius 1 is 1.30 bits per heavy atom. The summed E-state index contributed by atoms with van der Waals surface area (Å²) in [5.41, 5.74) is 1.42. The highest BCUT2D eigenvalue weighted by molar-refractivity contribution is 8.27. The number of thiocarbonyl (C=S) groups is 1. The molecule has 0 unspecified atom stereocenters. The monoisotopic (exact) mass is 302 g/mol. The van der Waals surface area contributed by atoms with E-state index in [4.69, 9.17) is 12.2 Å². The first-order valence-corrected chi connectivity index (χ1v) is 7.08. The smallest absolute Gasteiger partial charge is 0.270 e. The van der Waals surface area contributed by atoms with Gasteiger partial charge in [-0.3, -0.25) is 9.69 Å². The number of aromatic hydroxyl groups is 1. The van der Waals surface area contributed by atoms with Crippen LogP contribution in [0.15, 0.2) is 47.5 Å². The molecule has 1 aliphatic rings. The van der Waals surface area contributed by atoms with Gasteiger partial charge in [-0.05, 0) is 30.3 Å². The molecule has 2 aromatic rings. The van der Waals surface area contributed by atoms with Crippen LogP contribution in [0.5, 0.6) is 5.75 Å². The maximum absolute atomic E-state index is 12.4. The Hall–Kier alpha value is -2.05. The normalized spacial score (nSPS) is 17.2. The largest absolute Gasteiger partial charge is 0.508 e. The van der Waals surface area contributed by atoms with Crippen molar-refractivity contribution in [3.05, 3.63) is 53.2 Å². The van der Waals surface area contributed by atoms with E-state index in [0.29, 0.717) is 14.9 Å². The number of benzene rings is 1. The Bertz CT molecular complexity index is 708. The van der Waals surface area contributed by atoms with Crippen LogP contribution in [-0.2, 0) is 4.79 Å². The molecule has 100 valence electrons. The third kappa shape index (κ3) is 2.35. The van der Waals surface area contributed by atoms with Crippen LogP contribution in [0.3, 0.4) is 0 Å². The fraction of sp³-hybridized carbons (Fsp3) is 0. The number of phenolic OH excluding ortho intramolecular Hbond substituents is 1. The van der Waals surface area contributed by atoms with E-state index in [1.165, 1.54) is 22.7 Å². The van der Waals surface area contributed by atoms with Gasteiger partial charge in [0, 0.05) is 18.0 Å². The summed E-state index contributed by atoms with van der Waals surface area (Å²) >= 11 is 6.50. The van der Waals surface area contributed by atoms with Crippen molar-refractivity contribution in [3.63, 3.8) is 0 Å². The molecule has 0 bridgehead atoms. The number of thioether (sulfide) groups is 1. The molecule has 1 amide bonds. The first kappa shape index (κ1) is 13.0. The average Bonchev–Trinajstić information content (AvgIpc) is 2.99. The molecule has 1 aromatic heterocycles. The number of anilines is 1. The van der Waals surface area contributed by atoms with E-state index in [1.807, 2.05) is 12.1 Å². The van der Waals surface area contributed by atoms with Crippen molar-refractivity contribution in [2.45, 2.75) is 0 Å². The predicted octanol–water partition coefficient (Wildman–Crippen LogP) is 3.13. The van der Waals surface area contributed by atoms with Gasteiger partial charge in [-0.2, -0.15) is 0 Å². The molecule has 3 rings (SSSR count). The Morgan fingerprint density at radius 2 is 2.15 bits per heavy atom. The maximum atomic E-state index is 12.4. The molecule has 0 spiro atoms. The third-order valence-electron chi connectivity index (χ3n) is 2.79. The molecule has 1 aromatic carbocycles. The van der Waals surface area contributed by atoms with Crippen molar-refractivity contribution >= 4 is 46.0 Å². The highest BCUT2D eigenvalue weighted by Crippen LogP contribution is 2.36. The molecule has 4 nitrogen and oxygen atoms in total. The van der Waals surface area contributed by atoms with E-state index in [1.54, 1.807) is 30.5 Å². The van der Waals surface area contributed by atoms with Gasteiger partial charge in [-0.15, -0.1) is 0 Å². The Balaban J connectivity index is 1.95. The number of rotatable bonds is 2. The van der Waals surface area contributed by atoms with Crippen LogP contribution in [0.4, 0.5) is 5.69 Å². The minimum atomic E-state index is -0.180. The lowest BCUT2D eigenvalue weighted by atomic mass is 10.2. The molecule has 1 fully saturated rings. The second-order valence-electron chi connectivity index (χ2n) is 4.16. The molecule has 20 heavy (non-hydrogen) atoms. The van der Waals surface area contributed by atoms with Gasteiger partial charge in [-0.1, -0.05) is 30.0 Å². The fourth-order valence-electron chi connectivity index (χ4n) is 1.90. The van der Waals surface area contributed by atoms with Crippen LogP contribution in [0.25, 0.3) is 6.08 Å². The van der Waals surface area contributed by atoms with Gasteiger partial charge in [-0.25, -0.2) is 0 Å². The topological polar surface area (TPSA) is 56.3 Å². The zero-order valence-electron chi connectivity index (χ0n) is 10.2. The second-order valence-corrected chi connectivity index (χ2v) is 5.84. The quantitative estimate of drug-likeness (QED) is 0.661. The summed E-state index contributed by atoms with van der Waals surface area (Å²) in [6.45, 7) is 0. The maximum Gasteiger partial charge on any atom is 0.270 e. The van der Waals surface area contributed by atoms with Crippen LogP contribution in [-0.4, -0.2) is 20.3 Å². The molecule has 1 aliphatic heterocycles. The Morgan fingerprint density at radius 3 is 2.85 bits per heavy atom. The van der Waals surface area contributed by atoms with E-state index in [9.17, 15) is 9.90 Å². The lowest BCUT2D eigenvalue weighted by molar-refractivity contribution is -0.113. The van der Waals surface area contributed by atoms with Crippen molar-refractivity contribution in [2.75, 3.05) is 4.90 Å². The Labute approximate surface area is 125 Å². The number of hydrogen-bond donors (Lipinski definition) is 2. The summed E-state index contributed by atoms with van der Waals surface area (Å²) in [7, 11) is 0. The van der Waals surface area contributed by atoms with Gasteiger partial charge < -0.3 is 10.1 Å². The minimum Gasteiger partial charge on any atom is -0.508 e. The molecule has 2 N–H and O–H groups in total. The average molecular weight is 302 g/mol. The minimum absolute atomic E-state index is 0.102. The van der Waals surface area contributed by atoms with Crippen molar-refractivity contribution in [3.8, 4) is 5.75 Å². The lowest BCUT2D eigenvalue weighted by Gasteiger charge is -2.14. The fourth-order valence-corrected chi connectivity index (χ4v) is 3.19. The number of nitrogens with one attached hydrogen (secondary N) is 1. The van der Waals surface area contributed by atoms with Gasteiger partial charge >= 0.3 is 0 Å². The van der Waals surface area contributed by atoms with Gasteiger partial charge in [0.05, 0.1) is 10.6 Å². The van der Waals surface area contributed by atoms with Crippen molar-refractivity contribution in [1.29, 1.82) is 0 Å². The molecular formula is C14H10N2O2S2. The zero-order chi connectivity index (χ0) is 14.1. The van der Waals surface area contributed by atoms with Gasteiger partial charge in [0.2, 0.25) is 0 Å². The first-order chi connectivity index (χ1) is 9.65. The summed E-state index contributed by atoms with van der Waals surface area (Å²) in [6.07, 6.45) is 3.56. The SMILES string of the molecule is O=C1C(=Cc2ccc[nH]2)SC(=S)N1c1cccc(O)c1. The molecular weight excluding hydrogens is 292 g/mol. The molecule has 2 heterocycles. The van der Waals surface area contributed by atoms with Crippen LogP contribution >= 0.6 is 24.0 Å². The van der Waals surface area contributed by atoms with Gasteiger partial charge in [0.1, 0.15) is 5.75 Å². The molecule has 0 atom stereocenters. The number of hydrogen-bond acceptors (Lipinski definition) is 4. The highest BCUT2D eigenvalue weighted by Gasteiger charge is 2.33. The molecule has 0 radical (unpaired) electrons. The number of nitrogens with zero attached hydrogens (tertiary/aromatic N) is 1. The van der Waals surface area contributed by atoms with E-state index in [0.717, 1.165) is 5.69 Å². The number of aromatic nitrogens is 1. The number of carbonyl (C=O) groups is 1. The number of carbonyl (C=O) groups excluding carboxylic acids is 1. The van der Waals surface area contributed by atoms with E-state index < -0.39 is 0 Å². The Kier molecular flexibility index (Phi) is 3.33. The van der Waals surface area contributed by atoms with Crippen LogP contribution in [0.2, 0.25) is 0 Å². The van der Waals surface area contributed by atoms with Crippen molar-refractivity contribution in [2.24, 2.45) is 0 Å². The summed E-state index contributed by atoms with van der Waals surface area (Å²) < 4.78 is 0.457. The third-order valence-corrected chi connectivity index (χ3v) is 4.09. The number of amides is 1. The van der Waals surface area contributed by atoms with E-state index in [-0.39, 0.29) is 11.7 Å². The summed E-state index contributed by atoms with van der Waals surface area (Å²) in [5.74, 6) is -0.0786. The van der Waals surface area contributed by atoms with E-state index >= 15 is 0 Å². The van der Waals surface area contributed by atoms with Gasteiger partial charge in [0.15, 0.2) is 4.32 Å². The summed E-state index contributed by atoms with van der Waals surface area (Å²) in [5, 5.41) is 9.51. The molecule has 0 aliphatic carbocycles. The zero-order valence-corrected chi connectivity index (χ0v) is 11.9. The predicted molar refractivity (Wildman–Crippen MR) is 84.6 cm³/mol. The highest BCUT2D eigenvalue weighted by atomic mass is 32.2. The van der Waals surface area contributed by atoms with Crippen molar-refractivity contribution in [1.82, 2.24) is 4.98 Å². The molecule has 6 heteroatoms. The van der Waals surface area contributed by atoms with E-state index in [2.05, 4.69) is 4.98 Å². The van der Waals surface area contributed by atoms with Gasteiger partial charge in [0.25, 0.3) is 5.91 Å². The van der Waals surface area contributed by atoms with Crippen LogP contribution in [0, 0.1) is 0 Å². The number of H-pyrrole nitrogens is 1. The molecule has 0 saturated carbocycles. The number of aromatic amines is 1. The lowest BCUT2D eigenvalue weighted by Crippen LogP contribution is -2.27. The van der Waals surface area contributed by atoms with Crippen molar-refractivity contribution < 1.29 is 9.90 Å². The summed E-state index contributed by atoms with van der Waals surface area (Å²) in [4.78, 5) is 17.4. The molecule has 1 saturated heterocycles. The summed E-state index contributed by atoms with van der Waals surface area (Å²) in [6, 6.07) is 10.2. The number of phenols is 1. The van der Waals surface area contributed by atoms with Crippen LogP contribution < -0.4 is 4.90 Å².